The minimum absolute atomic E-state index is 0.587. The van der Waals surface area contributed by atoms with E-state index in [0.29, 0.717) is 6.04 Å². The van der Waals surface area contributed by atoms with Crippen LogP contribution >= 0.6 is 15.9 Å². The first-order chi connectivity index (χ1) is 7.24. The average molecular weight is 271 g/mol. The maximum atomic E-state index is 4.14. The third kappa shape index (κ3) is 4.76. The van der Waals surface area contributed by atoms with Crippen LogP contribution in [0.1, 0.15) is 25.8 Å². The van der Waals surface area contributed by atoms with Crippen LogP contribution in [0.2, 0.25) is 0 Å². The van der Waals surface area contributed by atoms with Gasteiger partial charge < -0.3 is 0 Å². The van der Waals surface area contributed by atoms with Crippen LogP contribution in [-0.4, -0.2) is 27.8 Å². The van der Waals surface area contributed by atoms with Gasteiger partial charge in [0.05, 0.1) is 0 Å². The van der Waals surface area contributed by atoms with Crippen molar-refractivity contribution in [3.8, 4) is 0 Å². The molecule has 0 aromatic carbocycles. The molecule has 0 bridgehead atoms. The second-order valence-corrected chi connectivity index (χ2v) is 4.76. The second kappa shape index (κ2) is 6.96. The van der Waals surface area contributed by atoms with Gasteiger partial charge in [0.15, 0.2) is 0 Å². The summed E-state index contributed by atoms with van der Waals surface area (Å²) in [7, 11) is 0. The van der Waals surface area contributed by atoms with Crippen LogP contribution in [0, 0.1) is 0 Å². The molecule has 0 aliphatic carbocycles. The Labute approximate surface area is 101 Å². The average Bonchev–Trinajstić information content (AvgIpc) is 2.25. The molecule has 0 atom stereocenters. The lowest BCUT2D eigenvalue weighted by Gasteiger charge is -2.26. The summed E-state index contributed by atoms with van der Waals surface area (Å²) in [5, 5.41) is 1.07. The summed E-state index contributed by atoms with van der Waals surface area (Å²) in [5.74, 6) is 0. The number of alkyl halides is 1. The van der Waals surface area contributed by atoms with E-state index >= 15 is 0 Å². The molecule has 0 saturated heterocycles. The zero-order valence-electron chi connectivity index (χ0n) is 9.49. The van der Waals surface area contributed by atoms with Crippen molar-refractivity contribution in [2.24, 2.45) is 0 Å². The molecule has 2 nitrogen and oxygen atoms in total. The van der Waals surface area contributed by atoms with Crippen LogP contribution in [0.15, 0.2) is 24.5 Å². The molecular weight excluding hydrogens is 252 g/mol. The van der Waals surface area contributed by atoms with Crippen LogP contribution in [-0.2, 0) is 6.54 Å². The minimum atomic E-state index is 0.587. The van der Waals surface area contributed by atoms with Crippen molar-refractivity contribution in [3.63, 3.8) is 0 Å². The summed E-state index contributed by atoms with van der Waals surface area (Å²) in [6.45, 7) is 6.62. The topological polar surface area (TPSA) is 16.1 Å². The first-order valence-electron chi connectivity index (χ1n) is 5.43. The Morgan fingerprint density at radius 3 is 2.80 bits per heavy atom. The summed E-state index contributed by atoms with van der Waals surface area (Å²) in [4.78, 5) is 6.61. The van der Waals surface area contributed by atoms with Gasteiger partial charge in [0, 0.05) is 30.3 Å². The van der Waals surface area contributed by atoms with E-state index in [1.54, 1.807) is 0 Å². The van der Waals surface area contributed by atoms with Crippen molar-refractivity contribution in [3.05, 3.63) is 30.1 Å². The quantitative estimate of drug-likeness (QED) is 0.739. The molecule has 0 aliphatic rings. The fraction of sp³-hybridized carbons (Fsp3) is 0.583. The lowest BCUT2D eigenvalue weighted by atomic mass is 10.2. The van der Waals surface area contributed by atoms with Crippen LogP contribution < -0.4 is 0 Å². The first-order valence-corrected chi connectivity index (χ1v) is 6.55. The standard InChI is InChI=1S/C12H19BrN2/c1-11(2)15(8-4-6-13)10-12-5-3-7-14-9-12/h3,5,7,9,11H,4,6,8,10H2,1-2H3. The van der Waals surface area contributed by atoms with E-state index in [1.165, 1.54) is 12.0 Å². The maximum Gasteiger partial charge on any atom is 0.0312 e. The molecular formula is C12H19BrN2. The predicted molar refractivity (Wildman–Crippen MR) is 68.2 cm³/mol. The van der Waals surface area contributed by atoms with Gasteiger partial charge in [-0.15, -0.1) is 0 Å². The number of hydrogen-bond acceptors (Lipinski definition) is 2. The van der Waals surface area contributed by atoms with E-state index in [4.69, 9.17) is 0 Å². The monoisotopic (exact) mass is 270 g/mol. The van der Waals surface area contributed by atoms with E-state index in [-0.39, 0.29) is 0 Å². The smallest absolute Gasteiger partial charge is 0.0312 e. The van der Waals surface area contributed by atoms with E-state index in [0.717, 1.165) is 18.4 Å². The molecule has 3 heteroatoms. The SMILES string of the molecule is CC(C)N(CCCBr)Cc1cccnc1. The van der Waals surface area contributed by atoms with Crippen molar-refractivity contribution in [2.75, 3.05) is 11.9 Å². The van der Waals surface area contributed by atoms with Crippen molar-refractivity contribution < 1.29 is 0 Å². The van der Waals surface area contributed by atoms with Crippen LogP contribution in [0.5, 0.6) is 0 Å². The Bertz CT molecular complexity index is 262. The summed E-state index contributed by atoms with van der Waals surface area (Å²) in [6, 6.07) is 4.72. The molecule has 0 amide bonds. The van der Waals surface area contributed by atoms with Gasteiger partial charge >= 0.3 is 0 Å². The highest BCUT2D eigenvalue weighted by molar-refractivity contribution is 9.09. The van der Waals surface area contributed by atoms with Gasteiger partial charge in [-0.3, -0.25) is 9.88 Å². The zero-order chi connectivity index (χ0) is 11.1. The molecule has 1 rings (SSSR count). The van der Waals surface area contributed by atoms with Gasteiger partial charge in [-0.1, -0.05) is 22.0 Å². The van der Waals surface area contributed by atoms with Crippen LogP contribution in [0.4, 0.5) is 0 Å². The Kier molecular flexibility index (Phi) is 5.88. The normalized spacial score (nSPS) is 11.3. The lowest BCUT2D eigenvalue weighted by Crippen LogP contribution is -2.31. The Morgan fingerprint density at radius 1 is 1.47 bits per heavy atom. The Hall–Kier alpha value is -0.410. The predicted octanol–water partition coefficient (Wildman–Crippen LogP) is 3.08. The number of pyridine rings is 1. The van der Waals surface area contributed by atoms with Crippen molar-refractivity contribution in [1.82, 2.24) is 9.88 Å². The second-order valence-electron chi connectivity index (χ2n) is 3.97. The van der Waals surface area contributed by atoms with Crippen molar-refractivity contribution >= 4 is 15.9 Å². The summed E-state index contributed by atoms with van der Waals surface area (Å²) >= 11 is 3.47. The number of halogens is 1. The molecule has 1 aromatic rings. The zero-order valence-corrected chi connectivity index (χ0v) is 11.1. The Morgan fingerprint density at radius 2 is 2.27 bits per heavy atom. The third-order valence-electron chi connectivity index (χ3n) is 2.42. The lowest BCUT2D eigenvalue weighted by molar-refractivity contribution is 0.214. The Balaban J connectivity index is 2.51. The van der Waals surface area contributed by atoms with Gasteiger partial charge in [-0.2, -0.15) is 0 Å². The van der Waals surface area contributed by atoms with Gasteiger partial charge in [-0.05, 0) is 38.4 Å². The molecule has 0 spiro atoms. The molecule has 0 aliphatic heterocycles. The highest BCUT2D eigenvalue weighted by Gasteiger charge is 2.09. The van der Waals surface area contributed by atoms with Crippen molar-refractivity contribution in [1.29, 1.82) is 0 Å². The van der Waals surface area contributed by atoms with Crippen molar-refractivity contribution in [2.45, 2.75) is 32.9 Å². The van der Waals surface area contributed by atoms with Gasteiger partial charge in [0.2, 0.25) is 0 Å². The third-order valence-corrected chi connectivity index (χ3v) is 2.98. The molecule has 84 valence electrons. The number of aromatic nitrogens is 1. The van der Waals surface area contributed by atoms with Gasteiger partial charge in [0.25, 0.3) is 0 Å². The summed E-state index contributed by atoms with van der Waals surface area (Å²) in [6.07, 6.45) is 4.96. The number of hydrogen-bond donors (Lipinski definition) is 0. The molecule has 0 radical (unpaired) electrons. The highest BCUT2D eigenvalue weighted by atomic mass is 79.9. The fourth-order valence-corrected chi connectivity index (χ4v) is 1.76. The van der Waals surface area contributed by atoms with E-state index < -0.39 is 0 Å². The summed E-state index contributed by atoms with van der Waals surface area (Å²) < 4.78 is 0. The van der Waals surface area contributed by atoms with Gasteiger partial charge in [-0.25, -0.2) is 0 Å². The molecule has 0 N–H and O–H groups in total. The van der Waals surface area contributed by atoms with Crippen LogP contribution in [0.3, 0.4) is 0 Å². The number of rotatable bonds is 6. The van der Waals surface area contributed by atoms with E-state index in [9.17, 15) is 0 Å². The van der Waals surface area contributed by atoms with E-state index in [1.807, 2.05) is 18.5 Å². The molecule has 0 saturated carbocycles. The molecule has 0 fully saturated rings. The van der Waals surface area contributed by atoms with E-state index in [2.05, 4.69) is 45.7 Å². The van der Waals surface area contributed by atoms with Crippen LogP contribution in [0.25, 0.3) is 0 Å². The number of nitrogens with zero attached hydrogens (tertiary/aromatic N) is 2. The van der Waals surface area contributed by atoms with Gasteiger partial charge in [0.1, 0.15) is 0 Å². The minimum Gasteiger partial charge on any atom is -0.297 e. The first kappa shape index (κ1) is 12.7. The molecule has 15 heavy (non-hydrogen) atoms. The molecule has 1 aromatic heterocycles. The molecule has 1 heterocycles. The largest absolute Gasteiger partial charge is 0.297 e. The highest BCUT2D eigenvalue weighted by Crippen LogP contribution is 2.08. The maximum absolute atomic E-state index is 4.14. The fourth-order valence-electron chi connectivity index (χ4n) is 1.51. The molecule has 0 unspecified atom stereocenters. The summed E-state index contributed by atoms with van der Waals surface area (Å²) in [5.41, 5.74) is 1.29.